The Hall–Kier alpha value is -2.34. The van der Waals surface area contributed by atoms with Gasteiger partial charge in [0, 0.05) is 16.9 Å². The fourth-order valence-electron chi connectivity index (χ4n) is 1.90. The lowest BCUT2D eigenvalue weighted by molar-refractivity contribution is 0.424. The zero-order valence-electron chi connectivity index (χ0n) is 8.99. The van der Waals surface area contributed by atoms with Gasteiger partial charge in [0.25, 0.3) is 0 Å². The summed E-state index contributed by atoms with van der Waals surface area (Å²) in [5.41, 5.74) is 4.01. The molecular weight excluding hydrogens is 248 g/mol. The van der Waals surface area contributed by atoms with E-state index in [0.29, 0.717) is 5.58 Å². The van der Waals surface area contributed by atoms with Crippen molar-refractivity contribution in [1.29, 1.82) is 0 Å². The third kappa shape index (κ3) is 1.32. The molecule has 5 nitrogen and oxygen atoms in total. The molecule has 2 aromatic carbocycles. The Morgan fingerprint density at radius 3 is 3.11 bits per heavy atom. The first kappa shape index (κ1) is 9.67. The molecule has 2 heterocycles. The number of aromatic nitrogens is 4. The van der Waals surface area contributed by atoms with Crippen LogP contribution in [0.5, 0.6) is 0 Å². The molecule has 6 heteroatoms. The molecule has 0 bridgehead atoms. The van der Waals surface area contributed by atoms with Crippen molar-refractivity contribution in [2.75, 3.05) is 0 Å². The third-order valence-electron chi connectivity index (χ3n) is 2.74. The van der Waals surface area contributed by atoms with Gasteiger partial charge in [-0.2, -0.15) is 0 Å². The van der Waals surface area contributed by atoms with Crippen molar-refractivity contribution in [2.45, 2.75) is 0 Å². The highest BCUT2D eigenvalue weighted by atomic mass is 32.1. The average molecular weight is 253 g/mol. The van der Waals surface area contributed by atoms with Crippen LogP contribution in [0.2, 0.25) is 0 Å². The summed E-state index contributed by atoms with van der Waals surface area (Å²) in [5.74, 6) is 0. The standard InChI is InChI=1S/C12H5N4OS/c1-2-8(12-10(3-1)17-15-14-12)7-4-5-11-9(6-7)13-16-18-11/h1-5H. The van der Waals surface area contributed by atoms with E-state index in [9.17, 15) is 0 Å². The van der Waals surface area contributed by atoms with Gasteiger partial charge in [0.05, 0.1) is 4.70 Å². The van der Waals surface area contributed by atoms with Gasteiger partial charge in [-0.15, -0.1) is 10.2 Å². The van der Waals surface area contributed by atoms with Crippen molar-refractivity contribution in [3.05, 3.63) is 36.4 Å². The van der Waals surface area contributed by atoms with Gasteiger partial charge >= 0.3 is 0 Å². The first-order valence-corrected chi connectivity index (χ1v) is 6.05. The monoisotopic (exact) mass is 253 g/mol. The lowest BCUT2D eigenvalue weighted by Gasteiger charge is -2.00. The van der Waals surface area contributed by atoms with Crippen LogP contribution in [-0.2, 0) is 0 Å². The molecule has 0 aliphatic heterocycles. The summed E-state index contributed by atoms with van der Waals surface area (Å²) in [5, 5.41) is 11.6. The fraction of sp³-hybridized carbons (Fsp3) is 0. The molecule has 0 saturated heterocycles. The van der Waals surface area contributed by atoms with Crippen LogP contribution in [0.1, 0.15) is 0 Å². The Bertz CT molecular complexity index is 851. The minimum absolute atomic E-state index is 0.664. The Morgan fingerprint density at radius 1 is 1.11 bits per heavy atom. The minimum atomic E-state index is 0.664. The molecule has 0 atom stereocenters. The number of nitrogens with zero attached hydrogens (tertiary/aromatic N) is 4. The number of rotatable bonds is 1. The van der Waals surface area contributed by atoms with Gasteiger partial charge in [-0.3, -0.25) is 0 Å². The third-order valence-corrected chi connectivity index (χ3v) is 3.43. The molecule has 0 spiro atoms. The van der Waals surface area contributed by atoms with Crippen molar-refractivity contribution >= 4 is 32.8 Å². The van der Waals surface area contributed by atoms with E-state index in [1.165, 1.54) is 11.5 Å². The zero-order valence-corrected chi connectivity index (χ0v) is 9.81. The topological polar surface area (TPSA) is 64.7 Å². The Kier molecular flexibility index (Phi) is 1.92. The minimum Gasteiger partial charge on any atom is -0.337 e. The molecule has 0 amide bonds. The smallest absolute Gasteiger partial charge is 0.188 e. The Labute approximate surface area is 105 Å². The van der Waals surface area contributed by atoms with Gasteiger partial charge in [-0.25, -0.2) is 0 Å². The molecule has 0 aliphatic carbocycles. The molecule has 0 N–H and O–H groups in total. The van der Waals surface area contributed by atoms with Crippen LogP contribution in [-0.4, -0.2) is 20.0 Å². The van der Waals surface area contributed by atoms with E-state index in [2.05, 4.69) is 26.0 Å². The van der Waals surface area contributed by atoms with E-state index in [0.717, 1.165) is 26.9 Å². The van der Waals surface area contributed by atoms with Crippen molar-refractivity contribution < 1.29 is 4.52 Å². The first-order valence-electron chi connectivity index (χ1n) is 5.28. The molecule has 1 radical (unpaired) electrons. The normalized spacial score (nSPS) is 11.3. The van der Waals surface area contributed by atoms with Crippen molar-refractivity contribution in [2.24, 2.45) is 0 Å². The van der Waals surface area contributed by atoms with Gasteiger partial charge in [-0.05, 0) is 29.2 Å². The van der Waals surface area contributed by atoms with Crippen LogP contribution >= 0.6 is 11.5 Å². The lowest BCUT2D eigenvalue weighted by Crippen LogP contribution is -1.81. The van der Waals surface area contributed by atoms with Gasteiger partial charge in [0.15, 0.2) is 5.58 Å². The summed E-state index contributed by atoms with van der Waals surface area (Å²) in [7, 11) is 0. The summed E-state index contributed by atoms with van der Waals surface area (Å²) in [6, 6.07) is 12.9. The van der Waals surface area contributed by atoms with Crippen LogP contribution in [0.15, 0.2) is 34.9 Å². The Morgan fingerprint density at radius 2 is 2.11 bits per heavy atom. The van der Waals surface area contributed by atoms with Crippen LogP contribution in [0.4, 0.5) is 0 Å². The second-order valence-corrected chi connectivity index (χ2v) is 4.57. The highest BCUT2D eigenvalue weighted by Gasteiger charge is 2.10. The van der Waals surface area contributed by atoms with Crippen LogP contribution in [0.3, 0.4) is 0 Å². The largest absolute Gasteiger partial charge is 0.337 e. The average Bonchev–Trinajstić information content (AvgIpc) is 3.05. The molecule has 0 saturated carbocycles. The molecule has 0 unspecified atom stereocenters. The van der Waals surface area contributed by atoms with Crippen molar-refractivity contribution in [3.8, 4) is 11.1 Å². The van der Waals surface area contributed by atoms with Crippen LogP contribution in [0.25, 0.3) is 32.4 Å². The molecule has 4 rings (SSSR count). The molecule has 18 heavy (non-hydrogen) atoms. The second kappa shape index (κ2) is 3.58. The van der Waals surface area contributed by atoms with Gasteiger partial charge < -0.3 is 4.52 Å². The van der Waals surface area contributed by atoms with Gasteiger partial charge in [-0.1, -0.05) is 22.7 Å². The second-order valence-electron chi connectivity index (χ2n) is 3.78. The summed E-state index contributed by atoms with van der Waals surface area (Å²) in [4.78, 5) is 0. The molecule has 2 aromatic heterocycles. The first-order chi connectivity index (χ1) is 8.92. The number of benzene rings is 2. The predicted molar refractivity (Wildman–Crippen MR) is 67.0 cm³/mol. The molecule has 0 aliphatic rings. The van der Waals surface area contributed by atoms with Gasteiger partial charge in [0.1, 0.15) is 11.0 Å². The highest BCUT2D eigenvalue weighted by molar-refractivity contribution is 7.12. The summed E-state index contributed by atoms with van der Waals surface area (Å²) in [6.07, 6.45) is 0. The zero-order chi connectivity index (χ0) is 11.9. The predicted octanol–water partition coefficient (Wildman–Crippen LogP) is 2.69. The van der Waals surface area contributed by atoms with E-state index in [1.54, 1.807) is 0 Å². The molecular formula is C12H5N4OS. The summed E-state index contributed by atoms with van der Waals surface area (Å²) < 4.78 is 9.97. The quantitative estimate of drug-likeness (QED) is 0.522. The van der Waals surface area contributed by atoms with Crippen molar-refractivity contribution in [1.82, 2.24) is 20.0 Å². The fourth-order valence-corrected chi connectivity index (χ4v) is 2.42. The molecule has 0 fully saturated rings. The van der Waals surface area contributed by atoms with Gasteiger partial charge in [0.2, 0.25) is 0 Å². The summed E-state index contributed by atoms with van der Waals surface area (Å²) >= 11 is 1.36. The maximum absolute atomic E-state index is 5.05. The SMILES string of the molecule is [c]1c(-c2cccc3onnc23)ccc2snnc12. The Balaban J connectivity index is 2.03. The van der Waals surface area contributed by atoms with Crippen molar-refractivity contribution in [3.63, 3.8) is 0 Å². The van der Waals surface area contributed by atoms with Crippen LogP contribution < -0.4 is 0 Å². The maximum Gasteiger partial charge on any atom is 0.188 e. The van der Waals surface area contributed by atoms with E-state index < -0.39 is 0 Å². The number of hydrogen-bond acceptors (Lipinski definition) is 6. The lowest BCUT2D eigenvalue weighted by atomic mass is 10.0. The van der Waals surface area contributed by atoms with E-state index in [4.69, 9.17) is 4.52 Å². The molecule has 4 aromatic rings. The number of fused-ring (bicyclic) bond motifs is 2. The highest BCUT2D eigenvalue weighted by Crippen LogP contribution is 2.29. The number of hydrogen-bond donors (Lipinski definition) is 0. The van der Waals surface area contributed by atoms with E-state index in [1.807, 2.05) is 30.3 Å². The molecule has 85 valence electrons. The maximum atomic E-state index is 5.05. The van der Waals surface area contributed by atoms with E-state index >= 15 is 0 Å². The summed E-state index contributed by atoms with van der Waals surface area (Å²) in [6.45, 7) is 0. The van der Waals surface area contributed by atoms with Crippen LogP contribution in [0, 0.1) is 6.07 Å². The van der Waals surface area contributed by atoms with E-state index in [-0.39, 0.29) is 0 Å².